The Bertz CT molecular complexity index is 2040. The van der Waals surface area contributed by atoms with Crippen molar-refractivity contribution in [3.8, 4) is 22.6 Å². The summed E-state index contributed by atoms with van der Waals surface area (Å²) in [6.45, 7) is 9.39. The molecule has 0 N–H and O–H groups in total. The third-order valence-electron chi connectivity index (χ3n) is 10.4. The molecule has 0 amide bonds. The summed E-state index contributed by atoms with van der Waals surface area (Å²) >= 11 is 0. The van der Waals surface area contributed by atoms with Crippen LogP contribution in [0.5, 0.6) is 11.5 Å². The molecule has 0 fully saturated rings. The smallest absolute Gasteiger partial charge is 0.212 e. The van der Waals surface area contributed by atoms with E-state index in [0.717, 1.165) is 28.7 Å². The van der Waals surface area contributed by atoms with E-state index < -0.39 is 5.41 Å². The van der Waals surface area contributed by atoms with E-state index in [0.29, 0.717) is 0 Å². The van der Waals surface area contributed by atoms with Gasteiger partial charge in [0, 0.05) is 22.4 Å². The molecule has 42 heavy (non-hydrogen) atoms. The SMILES string of the molecule is CC1(C)N(c2ccccc2)c2nc3ccc4c(c3n2C1(C)C)-c1ccccc1C41c2ccccc2Oc2ccccc21. The van der Waals surface area contributed by atoms with Crippen LogP contribution in [0.2, 0.25) is 0 Å². The molecule has 0 saturated heterocycles. The highest BCUT2D eigenvalue weighted by molar-refractivity contribution is 6.03. The first-order valence-corrected chi connectivity index (χ1v) is 14.8. The van der Waals surface area contributed by atoms with Crippen molar-refractivity contribution in [2.45, 2.75) is 44.2 Å². The van der Waals surface area contributed by atoms with Gasteiger partial charge in [0.2, 0.25) is 5.95 Å². The highest BCUT2D eigenvalue weighted by Gasteiger charge is 2.56. The number of rotatable bonds is 1. The average Bonchev–Trinajstić information content (AvgIpc) is 3.57. The van der Waals surface area contributed by atoms with Crippen molar-refractivity contribution in [1.82, 2.24) is 9.55 Å². The number of nitrogens with zero attached hydrogens (tertiary/aromatic N) is 3. The molecule has 0 saturated carbocycles. The molecule has 0 bridgehead atoms. The van der Waals surface area contributed by atoms with E-state index in [1.807, 2.05) is 0 Å². The van der Waals surface area contributed by atoms with Crippen LogP contribution >= 0.6 is 0 Å². The normalized spacial score (nSPS) is 17.8. The Morgan fingerprint density at radius 3 is 1.86 bits per heavy atom. The van der Waals surface area contributed by atoms with Gasteiger partial charge in [0.15, 0.2) is 0 Å². The second kappa shape index (κ2) is 7.71. The van der Waals surface area contributed by atoms with Crippen LogP contribution in [0.25, 0.3) is 22.2 Å². The lowest BCUT2D eigenvalue weighted by atomic mass is 9.66. The molecular weight excluding hydrogens is 514 g/mol. The molecule has 1 aromatic heterocycles. The number of anilines is 2. The zero-order chi connectivity index (χ0) is 28.4. The lowest BCUT2D eigenvalue weighted by Crippen LogP contribution is -2.50. The van der Waals surface area contributed by atoms with E-state index in [1.165, 1.54) is 38.9 Å². The summed E-state index contributed by atoms with van der Waals surface area (Å²) in [7, 11) is 0. The maximum absolute atomic E-state index is 6.54. The first-order chi connectivity index (χ1) is 20.4. The van der Waals surface area contributed by atoms with Gasteiger partial charge in [-0.1, -0.05) is 84.9 Å². The molecule has 4 heteroatoms. The fourth-order valence-corrected chi connectivity index (χ4v) is 7.98. The predicted molar refractivity (Wildman–Crippen MR) is 169 cm³/mol. The molecule has 2 aliphatic heterocycles. The lowest BCUT2D eigenvalue weighted by Gasteiger charge is -2.42. The Hall–Kier alpha value is -4.83. The van der Waals surface area contributed by atoms with Crippen LogP contribution in [0.4, 0.5) is 11.6 Å². The fraction of sp³-hybridized carbons (Fsp3) is 0.184. The Labute approximate surface area is 245 Å². The largest absolute Gasteiger partial charge is 0.457 e. The van der Waals surface area contributed by atoms with Gasteiger partial charge in [-0.2, -0.15) is 0 Å². The molecule has 4 nitrogen and oxygen atoms in total. The molecule has 9 rings (SSSR count). The zero-order valence-corrected chi connectivity index (χ0v) is 24.2. The molecular formula is C38H31N3O. The van der Waals surface area contributed by atoms with Crippen molar-refractivity contribution in [2.24, 2.45) is 0 Å². The number of para-hydroxylation sites is 3. The van der Waals surface area contributed by atoms with Gasteiger partial charge in [-0.05, 0) is 74.7 Å². The van der Waals surface area contributed by atoms with E-state index >= 15 is 0 Å². The molecule has 6 aromatic rings. The molecule has 0 radical (unpaired) electrons. The van der Waals surface area contributed by atoms with E-state index in [2.05, 4.69) is 152 Å². The summed E-state index contributed by atoms with van der Waals surface area (Å²) in [5.74, 6) is 2.81. The van der Waals surface area contributed by atoms with Crippen molar-refractivity contribution < 1.29 is 4.74 Å². The van der Waals surface area contributed by atoms with Gasteiger partial charge in [0.25, 0.3) is 0 Å². The monoisotopic (exact) mass is 545 g/mol. The number of aromatic nitrogens is 2. The molecule has 3 heterocycles. The average molecular weight is 546 g/mol. The minimum Gasteiger partial charge on any atom is -0.457 e. The maximum Gasteiger partial charge on any atom is 0.212 e. The molecule has 204 valence electrons. The van der Waals surface area contributed by atoms with E-state index in [-0.39, 0.29) is 11.1 Å². The van der Waals surface area contributed by atoms with Gasteiger partial charge in [0.1, 0.15) is 11.5 Å². The third-order valence-corrected chi connectivity index (χ3v) is 10.4. The van der Waals surface area contributed by atoms with Gasteiger partial charge in [-0.3, -0.25) is 0 Å². The lowest BCUT2D eigenvalue weighted by molar-refractivity contribution is 0.253. The number of fused-ring (bicyclic) bond motifs is 13. The third kappa shape index (κ3) is 2.58. The highest BCUT2D eigenvalue weighted by atomic mass is 16.5. The van der Waals surface area contributed by atoms with Crippen LogP contribution in [0.1, 0.15) is 49.9 Å². The second-order valence-electron chi connectivity index (χ2n) is 12.8. The van der Waals surface area contributed by atoms with Crippen molar-refractivity contribution in [2.75, 3.05) is 4.90 Å². The van der Waals surface area contributed by atoms with E-state index in [9.17, 15) is 0 Å². The minimum atomic E-state index is -0.492. The van der Waals surface area contributed by atoms with Gasteiger partial charge in [-0.15, -0.1) is 0 Å². The van der Waals surface area contributed by atoms with Crippen molar-refractivity contribution >= 4 is 22.7 Å². The Morgan fingerprint density at radius 1 is 0.571 bits per heavy atom. The number of benzene rings is 5. The van der Waals surface area contributed by atoms with Gasteiger partial charge >= 0.3 is 0 Å². The second-order valence-corrected chi connectivity index (χ2v) is 12.8. The maximum atomic E-state index is 6.54. The Kier molecular flexibility index (Phi) is 4.38. The molecule has 1 spiro atoms. The number of hydrogen-bond acceptors (Lipinski definition) is 3. The van der Waals surface area contributed by atoms with Crippen LogP contribution in [0.3, 0.4) is 0 Å². The van der Waals surface area contributed by atoms with Gasteiger partial charge in [-0.25, -0.2) is 4.98 Å². The van der Waals surface area contributed by atoms with Crippen LogP contribution in [-0.2, 0) is 11.0 Å². The molecule has 0 atom stereocenters. The van der Waals surface area contributed by atoms with Gasteiger partial charge < -0.3 is 14.2 Å². The summed E-state index contributed by atoms with van der Waals surface area (Å²) in [5.41, 5.74) is 9.89. The van der Waals surface area contributed by atoms with E-state index in [1.54, 1.807) is 0 Å². The van der Waals surface area contributed by atoms with Gasteiger partial charge in [0.05, 0.1) is 27.5 Å². The molecule has 5 aromatic carbocycles. The predicted octanol–water partition coefficient (Wildman–Crippen LogP) is 9.17. The van der Waals surface area contributed by atoms with Crippen LogP contribution in [0.15, 0.2) is 115 Å². The van der Waals surface area contributed by atoms with Crippen molar-refractivity contribution in [3.63, 3.8) is 0 Å². The summed E-state index contributed by atoms with van der Waals surface area (Å²) in [4.78, 5) is 7.80. The standard InChI is InChI=1S/C38H31N3O/c1-36(2)37(3,4)41-34-30(39-35(41)40(36)24-14-6-5-7-15-24)23-22-29-33(34)25-16-8-9-17-26(25)38(29)27-18-10-12-20-31(27)42-32-21-13-11-19-28(32)38/h5-23H,1-4H3. The summed E-state index contributed by atoms with van der Waals surface area (Å²) < 4.78 is 9.05. The van der Waals surface area contributed by atoms with Crippen molar-refractivity contribution in [3.05, 3.63) is 138 Å². The first kappa shape index (κ1) is 23.8. The Balaban J connectivity index is 1.45. The first-order valence-electron chi connectivity index (χ1n) is 14.8. The topological polar surface area (TPSA) is 30.3 Å². The highest BCUT2D eigenvalue weighted by Crippen LogP contribution is 2.64. The quantitative estimate of drug-likeness (QED) is 0.206. The molecule has 1 aliphatic carbocycles. The number of imidazole rings is 1. The van der Waals surface area contributed by atoms with Crippen LogP contribution in [0, 0.1) is 0 Å². The minimum absolute atomic E-state index is 0.221. The fourth-order valence-electron chi connectivity index (χ4n) is 7.98. The van der Waals surface area contributed by atoms with Crippen LogP contribution in [-0.4, -0.2) is 15.1 Å². The Morgan fingerprint density at radius 2 is 1.17 bits per heavy atom. The molecule has 0 unspecified atom stereocenters. The van der Waals surface area contributed by atoms with Crippen molar-refractivity contribution in [1.29, 1.82) is 0 Å². The van der Waals surface area contributed by atoms with E-state index in [4.69, 9.17) is 9.72 Å². The molecule has 3 aliphatic rings. The summed E-state index contributed by atoms with van der Waals surface area (Å²) in [6.07, 6.45) is 0. The summed E-state index contributed by atoms with van der Waals surface area (Å²) in [6, 6.07) is 41.3. The number of ether oxygens (including phenoxy) is 1. The zero-order valence-electron chi connectivity index (χ0n) is 24.2. The van der Waals surface area contributed by atoms with Crippen LogP contribution < -0.4 is 9.64 Å². The number of hydrogen-bond donors (Lipinski definition) is 0. The summed E-state index contributed by atoms with van der Waals surface area (Å²) in [5, 5.41) is 0.